The van der Waals surface area contributed by atoms with Crippen molar-refractivity contribution in [3.05, 3.63) is 54.0 Å². The van der Waals surface area contributed by atoms with Crippen LogP contribution in [0.3, 0.4) is 0 Å². The van der Waals surface area contributed by atoms with Crippen LogP contribution in [0, 0.1) is 18.8 Å². The first kappa shape index (κ1) is 16.0. The van der Waals surface area contributed by atoms with Crippen molar-refractivity contribution in [3.8, 4) is 0 Å². The number of nitrogens with one attached hydrogen (secondary N) is 1. The molecule has 1 N–H and O–H groups in total. The van der Waals surface area contributed by atoms with Gasteiger partial charge in [0.15, 0.2) is 0 Å². The molecule has 130 valence electrons. The van der Waals surface area contributed by atoms with Crippen molar-refractivity contribution < 1.29 is 9.53 Å². The van der Waals surface area contributed by atoms with Crippen LogP contribution in [0.2, 0.25) is 0 Å². The van der Waals surface area contributed by atoms with Crippen LogP contribution in [0.5, 0.6) is 0 Å². The third-order valence-corrected chi connectivity index (χ3v) is 5.07. The van der Waals surface area contributed by atoms with Crippen LogP contribution in [0.1, 0.15) is 16.1 Å². The first-order chi connectivity index (χ1) is 12.2. The lowest BCUT2D eigenvalue weighted by atomic mass is 9.93. The summed E-state index contributed by atoms with van der Waals surface area (Å²) in [5, 5.41) is 3.37. The number of carbonyl (C=O) groups excluding carboxylic acids is 1. The number of hydrogen-bond donors (Lipinski definition) is 1. The zero-order valence-corrected chi connectivity index (χ0v) is 14.3. The molecule has 0 aliphatic carbocycles. The first-order valence-electron chi connectivity index (χ1n) is 8.69. The summed E-state index contributed by atoms with van der Waals surface area (Å²) < 4.78 is 5.94. The van der Waals surface area contributed by atoms with Crippen molar-refractivity contribution in [1.29, 1.82) is 0 Å². The van der Waals surface area contributed by atoms with Crippen molar-refractivity contribution in [2.45, 2.75) is 13.0 Å². The molecule has 3 atom stereocenters. The molecule has 6 heteroatoms. The number of ether oxygens (including phenoxy) is 1. The molecule has 2 aliphatic rings. The summed E-state index contributed by atoms with van der Waals surface area (Å²) in [4.78, 5) is 23.1. The van der Waals surface area contributed by atoms with Gasteiger partial charge in [-0.15, -0.1) is 0 Å². The molecule has 4 rings (SSSR count). The van der Waals surface area contributed by atoms with Crippen LogP contribution in [0.4, 0.5) is 5.82 Å². The minimum Gasteiger partial charge on any atom is -0.376 e. The first-order valence-corrected chi connectivity index (χ1v) is 8.69. The van der Waals surface area contributed by atoms with E-state index in [1.807, 2.05) is 36.1 Å². The number of hydrogen-bond acceptors (Lipinski definition) is 5. The van der Waals surface area contributed by atoms with Gasteiger partial charge >= 0.3 is 0 Å². The average Bonchev–Trinajstić information content (AvgIpc) is 3.22. The number of fused-ring (bicyclic) bond motifs is 1. The molecule has 2 aliphatic heterocycles. The van der Waals surface area contributed by atoms with E-state index in [4.69, 9.17) is 4.74 Å². The predicted octanol–water partition coefficient (Wildman–Crippen LogP) is 1.98. The monoisotopic (exact) mass is 338 g/mol. The van der Waals surface area contributed by atoms with Gasteiger partial charge in [-0.3, -0.25) is 9.78 Å². The molecular weight excluding hydrogens is 316 g/mol. The van der Waals surface area contributed by atoms with Crippen LogP contribution in [-0.4, -0.2) is 53.1 Å². The lowest BCUT2D eigenvalue weighted by Gasteiger charge is -2.20. The van der Waals surface area contributed by atoms with Crippen molar-refractivity contribution >= 4 is 11.7 Å². The van der Waals surface area contributed by atoms with Gasteiger partial charge in [0.05, 0.1) is 12.7 Å². The zero-order chi connectivity index (χ0) is 17.2. The molecule has 0 bridgehead atoms. The van der Waals surface area contributed by atoms with E-state index in [1.54, 1.807) is 18.5 Å². The summed E-state index contributed by atoms with van der Waals surface area (Å²) in [6.45, 7) is 4.89. The highest BCUT2D eigenvalue weighted by atomic mass is 16.5. The number of aryl methyl sites for hydroxylation is 1. The molecule has 6 nitrogen and oxygen atoms in total. The third-order valence-electron chi connectivity index (χ3n) is 5.07. The van der Waals surface area contributed by atoms with Gasteiger partial charge in [0.2, 0.25) is 0 Å². The number of anilines is 1. The molecule has 2 aromatic rings. The fourth-order valence-electron chi connectivity index (χ4n) is 3.63. The molecule has 0 radical (unpaired) electrons. The number of aromatic nitrogens is 2. The van der Waals surface area contributed by atoms with E-state index in [9.17, 15) is 4.79 Å². The largest absolute Gasteiger partial charge is 0.376 e. The van der Waals surface area contributed by atoms with E-state index in [2.05, 4.69) is 15.3 Å². The second-order valence-electron chi connectivity index (χ2n) is 6.82. The molecule has 2 saturated heterocycles. The standard InChI is InChI=1S/C19H22N4O2/c1-13-5-6-16(21-8-13)19(24)23-10-15-14(12-25-17(15)11-23)9-22-18-4-2-3-7-20-18/h2-8,14-15,17H,9-12H2,1H3,(H,20,22)/t14-,15+,17+/m0/s1. The maximum Gasteiger partial charge on any atom is 0.272 e. The molecule has 0 spiro atoms. The molecule has 2 fully saturated rings. The molecule has 0 saturated carbocycles. The van der Waals surface area contributed by atoms with E-state index in [0.29, 0.717) is 24.1 Å². The SMILES string of the molecule is Cc1ccc(C(=O)N2C[C@@H]3[C@@H](CNc4ccccn4)CO[C@@H]3C2)nc1. The van der Waals surface area contributed by atoms with E-state index >= 15 is 0 Å². The van der Waals surface area contributed by atoms with Crippen LogP contribution in [0.25, 0.3) is 0 Å². The summed E-state index contributed by atoms with van der Waals surface area (Å²) >= 11 is 0. The summed E-state index contributed by atoms with van der Waals surface area (Å²) in [6, 6.07) is 9.55. The Morgan fingerprint density at radius 2 is 2.20 bits per heavy atom. The van der Waals surface area contributed by atoms with Gasteiger partial charge in [-0.25, -0.2) is 4.98 Å². The summed E-state index contributed by atoms with van der Waals surface area (Å²) in [7, 11) is 0. The fourth-order valence-corrected chi connectivity index (χ4v) is 3.63. The highest BCUT2D eigenvalue weighted by Gasteiger charge is 2.45. The van der Waals surface area contributed by atoms with Gasteiger partial charge in [0.1, 0.15) is 11.5 Å². The summed E-state index contributed by atoms with van der Waals surface area (Å²) in [5.41, 5.74) is 1.56. The Labute approximate surface area is 147 Å². The topological polar surface area (TPSA) is 67.4 Å². The van der Waals surface area contributed by atoms with Crippen LogP contribution in [-0.2, 0) is 4.74 Å². The minimum absolute atomic E-state index is 0.00515. The zero-order valence-electron chi connectivity index (χ0n) is 14.3. The highest BCUT2D eigenvalue weighted by molar-refractivity contribution is 5.92. The van der Waals surface area contributed by atoms with Crippen LogP contribution in [0.15, 0.2) is 42.7 Å². The number of amides is 1. The van der Waals surface area contributed by atoms with Crippen molar-refractivity contribution in [2.75, 3.05) is 31.6 Å². The predicted molar refractivity (Wildman–Crippen MR) is 94.3 cm³/mol. The van der Waals surface area contributed by atoms with Crippen LogP contribution >= 0.6 is 0 Å². The normalized spacial score (nSPS) is 25.0. The Morgan fingerprint density at radius 3 is 2.96 bits per heavy atom. The number of pyridine rings is 2. The van der Waals surface area contributed by atoms with Gasteiger partial charge < -0.3 is 15.0 Å². The lowest BCUT2D eigenvalue weighted by molar-refractivity contribution is 0.0675. The Kier molecular flexibility index (Phi) is 4.36. The number of rotatable bonds is 4. The van der Waals surface area contributed by atoms with Gasteiger partial charge in [0, 0.05) is 43.9 Å². The summed E-state index contributed by atoms with van der Waals surface area (Å²) in [6.07, 6.45) is 3.64. The number of likely N-dealkylation sites (tertiary alicyclic amines) is 1. The molecule has 25 heavy (non-hydrogen) atoms. The van der Waals surface area contributed by atoms with Crippen molar-refractivity contribution in [2.24, 2.45) is 11.8 Å². The molecule has 1 amide bonds. The van der Waals surface area contributed by atoms with Gasteiger partial charge in [0.25, 0.3) is 5.91 Å². The van der Waals surface area contributed by atoms with Crippen LogP contribution < -0.4 is 5.32 Å². The molecule has 0 aromatic carbocycles. The summed E-state index contributed by atoms with van der Waals surface area (Å²) in [5.74, 6) is 1.62. The van der Waals surface area contributed by atoms with E-state index in [1.165, 1.54) is 0 Å². The van der Waals surface area contributed by atoms with E-state index in [0.717, 1.165) is 31.1 Å². The van der Waals surface area contributed by atoms with Crippen molar-refractivity contribution in [3.63, 3.8) is 0 Å². The fraction of sp³-hybridized carbons (Fsp3) is 0.421. The van der Waals surface area contributed by atoms with Crippen molar-refractivity contribution in [1.82, 2.24) is 14.9 Å². The Bertz CT molecular complexity index is 735. The van der Waals surface area contributed by atoms with Gasteiger partial charge in [-0.05, 0) is 30.7 Å². The molecule has 2 aromatic heterocycles. The lowest BCUT2D eigenvalue weighted by Crippen LogP contribution is -2.32. The van der Waals surface area contributed by atoms with E-state index in [-0.39, 0.29) is 12.0 Å². The number of nitrogens with zero attached hydrogens (tertiary/aromatic N) is 3. The Hall–Kier alpha value is -2.47. The molecule has 4 heterocycles. The highest BCUT2D eigenvalue weighted by Crippen LogP contribution is 2.34. The maximum absolute atomic E-state index is 12.7. The second kappa shape index (κ2) is 6.80. The molecular formula is C19H22N4O2. The molecule has 0 unspecified atom stereocenters. The third kappa shape index (κ3) is 3.35. The average molecular weight is 338 g/mol. The number of carbonyl (C=O) groups is 1. The Balaban J connectivity index is 1.37. The van der Waals surface area contributed by atoms with Gasteiger partial charge in [-0.1, -0.05) is 12.1 Å². The van der Waals surface area contributed by atoms with E-state index < -0.39 is 0 Å². The van der Waals surface area contributed by atoms with Gasteiger partial charge in [-0.2, -0.15) is 0 Å². The second-order valence-corrected chi connectivity index (χ2v) is 6.82. The quantitative estimate of drug-likeness (QED) is 0.923. The maximum atomic E-state index is 12.7. The minimum atomic E-state index is -0.00515. The smallest absolute Gasteiger partial charge is 0.272 e. The Morgan fingerprint density at radius 1 is 1.28 bits per heavy atom.